The molecule has 0 aliphatic carbocycles. The number of nitrogens with zero attached hydrogens (tertiary/aromatic N) is 1. The van der Waals surface area contributed by atoms with Gasteiger partial charge in [0.05, 0.1) is 6.26 Å². The van der Waals surface area contributed by atoms with Crippen LogP contribution in [0.4, 0.5) is 4.79 Å². The largest absolute Gasteiger partial charge is 0.465 e. The van der Waals surface area contributed by atoms with Crippen LogP contribution in [0, 0.1) is 0 Å². The Bertz CT molecular complexity index is 422. The normalized spacial score (nSPS) is 18.9. The fourth-order valence-electron chi connectivity index (χ4n) is 1.46. The highest BCUT2D eigenvalue weighted by molar-refractivity contribution is 6.64. The highest BCUT2D eigenvalue weighted by Gasteiger charge is 2.29. The molecule has 0 bridgehead atoms. The minimum atomic E-state index is -0.733. The van der Waals surface area contributed by atoms with Crippen molar-refractivity contribution in [2.75, 3.05) is 6.54 Å². The maximum atomic E-state index is 11.6. The van der Waals surface area contributed by atoms with E-state index in [0.29, 0.717) is 24.3 Å². The number of carbonyl (C=O) groups is 2. The van der Waals surface area contributed by atoms with Crippen molar-refractivity contribution < 1.29 is 14.0 Å². The number of hydrogen-bond donors (Lipinski definition) is 0. The van der Waals surface area contributed by atoms with Gasteiger partial charge >= 0.3 is 5.37 Å². The molecule has 1 aromatic rings. The quantitative estimate of drug-likeness (QED) is 0.419. The zero-order chi connectivity index (χ0) is 10.8. The van der Waals surface area contributed by atoms with Crippen molar-refractivity contribution in [3.8, 4) is 0 Å². The second-order valence-corrected chi connectivity index (χ2v) is 3.47. The van der Waals surface area contributed by atoms with E-state index in [0.717, 1.165) is 4.90 Å². The van der Waals surface area contributed by atoms with Crippen molar-refractivity contribution in [3.63, 3.8) is 0 Å². The predicted octanol–water partition coefficient (Wildman–Crippen LogP) is 2.25. The highest BCUT2D eigenvalue weighted by atomic mass is 35.5. The van der Waals surface area contributed by atoms with Gasteiger partial charge in [0.1, 0.15) is 5.76 Å². The number of hydrogen-bond acceptors (Lipinski definition) is 3. The molecule has 0 atom stereocenters. The zero-order valence-electron chi connectivity index (χ0n) is 7.77. The van der Waals surface area contributed by atoms with Crippen molar-refractivity contribution in [3.05, 3.63) is 29.7 Å². The highest BCUT2D eigenvalue weighted by Crippen LogP contribution is 2.21. The summed E-state index contributed by atoms with van der Waals surface area (Å²) in [4.78, 5) is 23.4. The van der Waals surface area contributed by atoms with Gasteiger partial charge in [-0.15, -0.1) is 0 Å². The second kappa shape index (κ2) is 3.90. The number of imide groups is 1. The SMILES string of the molecule is O=C(Cl)N1CC/C(=C/c2ccco2)C1=O. The molecule has 2 rings (SSSR count). The molecule has 1 aliphatic heterocycles. The Balaban J connectivity index is 2.20. The van der Waals surface area contributed by atoms with Crippen LogP contribution in [-0.2, 0) is 4.79 Å². The number of halogens is 1. The van der Waals surface area contributed by atoms with E-state index in [1.165, 1.54) is 6.26 Å². The van der Waals surface area contributed by atoms with E-state index in [1.807, 2.05) is 0 Å². The molecule has 0 radical (unpaired) electrons. The maximum absolute atomic E-state index is 11.6. The maximum Gasteiger partial charge on any atom is 0.323 e. The van der Waals surface area contributed by atoms with Crippen LogP contribution in [0.25, 0.3) is 6.08 Å². The van der Waals surface area contributed by atoms with Crippen molar-refractivity contribution in [1.82, 2.24) is 4.90 Å². The van der Waals surface area contributed by atoms with Crippen molar-refractivity contribution in [2.45, 2.75) is 6.42 Å². The van der Waals surface area contributed by atoms with Crippen LogP contribution < -0.4 is 0 Å². The molecule has 1 saturated heterocycles. The summed E-state index contributed by atoms with van der Waals surface area (Å²) in [6, 6.07) is 3.47. The summed E-state index contributed by atoms with van der Waals surface area (Å²) < 4.78 is 5.07. The third-order valence-corrected chi connectivity index (χ3v) is 2.40. The van der Waals surface area contributed by atoms with E-state index in [-0.39, 0.29) is 5.91 Å². The average Bonchev–Trinajstić information content (AvgIpc) is 2.78. The summed E-state index contributed by atoms with van der Waals surface area (Å²) in [6.45, 7) is 0.341. The van der Waals surface area contributed by atoms with Crippen LogP contribution in [0.3, 0.4) is 0 Å². The van der Waals surface area contributed by atoms with Gasteiger partial charge in [0.25, 0.3) is 5.91 Å². The van der Waals surface area contributed by atoms with E-state index in [4.69, 9.17) is 16.0 Å². The van der Waals surface area contributed by atoms with Crippen LogP contribution in [0.1, 0.15) is 12.2 Å². The summed E-state index contributed by atoms with van der Waals surface area (Å²) in [7, 11) is 0. The summed E-state index contributed by atoms with van der Waals surface area (Å²) >= 11 is 5.24. The Hall–Kier alpha value is -1.55. The molecule has 1 aromatic heterocycles. The van der Waals surface area contributed by atoms with E-state index in [9.17, 15) is 9.59 Å². The van der Waals surface area contributed by atoms with Crippen LogP contribution >= 0.6 is 11.6 Å². The van der Waals surface area contributed by atoms with Crippen LogP contribution in [0.2, 0.25) is 0 Å². The van der Waals surface area contributed by atoms with Gasteiger partial charge in [0.15, 0.2) is 0 Å². The second-order valence-electron chi connectivity index (χ2n) is 3.14. The van der Waals surface area contributed by atoms with Crippen LogP contribution in [-0.4, -0.2) is 22.7 Å². The average molecular weight is 226 g/mol. The molecule has 1 aliphatic rings. The van der Waals surface area contributed by atoms with Crippen molar-refractivity contribution in [1.29, 1.82) is 0 Å². The molecule has 15 heavy (non-hydrogen) atoms. The third kappa shape index (κ3) is 1.94. The molecule has 0 unspecified atom stereocenters. The molecule has 0 spiro atoms. The first-order valence-electron chi connectivity index (χ1n) is 4.44. The van der Waals surface area contributed by atoms with Gasteiger partial charge < -0.3 is 4.42 Å². The Kier molecular flexibility index (Phi) is 2.60. The molecule has 0 saturated carbocycles. The van der Waals surface area contributed by atoms with E-state index in [2.05, 4.69) is 0 Å². The lowest BCUT2D eigenvalue weighted by atomic mass is 10.2. The summed E-state index contributed by atoms with van der Waals surface area (Å²) in [6.07, 6.45) is 3.66. The number of rotatable bonds is 1. The fourth-order valence-corrected chi connectivity index (χ4v) is 1.62. The first-order valence-corrected chi connectivity index (χ1v) is 4.81. The summed E-state index contributed by atoms with van der Waals surface area (Å²) in [5.41, 5.74) is 0.541. The van der Waals surface area contributed by atoms with Gasteiger partial charge in [-0.25, -0.2) is 0 Å². The first kappa shape index (κ1) is 9.98. The van der Waals surface area contributed by atoms with E-state index < -0.39 is 5.37 Å². The minimum absolute atomic E-state index is 0.341. The van der Waals surface area contributed by atoms with Crippen LogP contribution in [0.15, 0.2) is 28.4 Å². The lowest BCUT2D eigenvalue weighted by Gasteiger charge is -2.06. The lowest BCUT2D eigenvalue weighted by Crippen LogP contribution is -2.27. The minimum Gasteiger partial charge on any atom is -0.465 e. The molecule has 0 aromatic carbocycles. The smallest absolute Gasteiger partial charge is 0.323 e. The number of likely N-dealkylation sites (tertiary alicyclic amines) is 1. The molecule has 2 amide bonds. The van der Waals surface area contributed by atoms with Gasteiger partial charge in [-0.2, -0.15) is 0 Å². The zero-order valence-corrected chi connectivity index (χ0v) is 8.53. The Morgan fingerprint density at radius 2 is 2.40 bits per heavy atom. The van der Waals surface area contributed by atoms with E-state index in [1.54, 1.807) is 18.2 Å². The molecule has 1 fully saturated rings. The van der Waals surface area contributed by atoms with Gasteiger partial charge in [0.2, 0.25) is 0 Å². The molecule has 78 valence electrons. The van der Waals surface area contributed by atoms with Gasteiger partial charge in [-0.3, -0.25) is 14.5 Å². The van der Waals surface area contributed by atoms with Crippen LogP contribution in [0.5, 0.6) is 0 Å². The topological polar surface area (TPSA) is 50.5 Å². The number of amides is 2. The molecule has 5 heteroatoms. The Labute approximate surface area is 91.1 Å². The predicted molar refractivity (Wildman–Crippen MR) is 54.3 cm³/mol. The first-order chi connectivity index (χ1) is 7.18. The number of furan rings is 1. The van der Waals surface area contributed by atoms with Crippen molar-refractivity contribution in [2.24, 2.45) is 0 Å². The molecule has 4 nitrogen and oxygen atoms in total. The molecular formula is C10H8ClNO3. The van der Waals surface area contributed by atoms with E-state index >= 15 is 0 Å². The molecule has 2 heterocycles. The van der Waals surface area contributed by atoms with Gasteiger partial charge in [0, 0.05) is 12.1 Å². The lowest BCUT2D eigenvalue weighted by molar-refractivity contribution is -0.121. The summed E-state index contributed by atoms with van der Waals surface area (Å²) in [5.74, 6) is 0.258. The summed E-state index contributed by atoms with van der Waals surface area (Å²) in [5, 5.41) is -0.733. The number of carbonyl (C=O) groups excluding carboxylic acids is 2. The molecular weight excluding hydrogens is 218 g/mol. The monoisotopic (exact) mass is 225 g/mol. The van der Waals surface area contributed by atoms with Crippen molar-refractivity contribution >= 4 is 29.0 Å². The van der Waals surface area contributed by atoms with Gasteiger partial charge in [-0.1, -0.05) is 0 Å². The van der Waals surface area contributed by atoms with Gasteiger partial charge in [-0.05, 0) is 36.2 Å². The Morgan fingerprint density at radius 1 is 1.60 bits per heavy atom. The standard InChI is InChI=1S/C10H8ClNO3/c11-10(14)12-4-3-7(9(12)13)6-8-2-1-5-15-8/h1-2,5-6H,3-4H2/b7-6-. The molecule has 0 N–H and O–H groups in total. The fraction of sp³-hybridized carbons (Fsp3) is 0.200. The Morgan fingerprint density at radius 3 is 2.93 bits per heavy atom. The third-order valence-electron chi connectivity index (χ3n) is 2.20.